The molecule has 0 bridgehead atoms. The van der Waals surface area contributed by atoms with E-state index in [0.717, 1.165) is 0 Å². The lowest BCUT2D eigenvalue weighted by Crippen LogP contribution is -1.81. The van der Waals surface area contributed by atoms with Crippen molar-refractivity contribution in [2.45, 2.75) is 0 Å². The summed E-state index contributed by atoms with van der Waals surface area (Å²) >= 11 is 0. The van der Waals surface area contributed by atoms with Crippen molar-refractivity contribution in [2.75, 3.05) is 0 Å². The fraction of sp³-hybridized carbons (Fsp3) is 0. The molecule has 0 radical (unpaired) electrons. The number of hydrogen-bond donors (Lipinski definition) is 3. The molecule has 1 aromatic carbocycles. The average molecular weight is 152 g/mol. The molecule has 0 aliphatic heterocycles. The topological polar surface area (TPSA) is 60.7 Å². The Labute approximate surface area is 63.9 Å². The van der Waals surface area contributed by atoms with Crippen molar-refractivity contribution >= 4 is 5.76 Å². The molecule has 0 aliphatic carbocycles. The summed E-state index contributed by atoms with van der Waals surface area (Å²) in [7, 11) is 0. The number of phenols is 2. The second-order valence-corrected chi connectivity index (χ2v) is 2.12. The Morgan fingerprint density at radius 2 is 1.91 bits per heavy atom. The normalized spacial score (nSPS) is 9.45. The minimum Gasteiger partial charge on any atom is -0.508 e. The summed E-state index contributed by atoms with van der Waals surface area (Å²) in [5.74, 6) is -0.879. The van der Waals surface area contributed by atoms with E-state index < -0.39 is 0 Å². The van der Waals surface area contributed by atoms with E-state index in [9.17, 15) is 0 Å². The Balaban J connectivity index is 3.27. The third-order valence-corrected chi connectivity index (χ3v) is 1.33. The molecule has 3 N–H and O–H groups in total. The van der Waals surface area contributed by atoms with Crippen LogP contribution < -0.4 is 0 Å². The molecule has 0 aliphatic rings. The first-order valence-electron chi connectivity index (χ1n) is 3.02. The zero-order chi connectivity index (χ0) is 8.43. The van der Waals surface area contributed by atoms with Gasteiger partial charge in [-0.05, 0) is 12.1 Å². The molecule has 58 valence electrons. The third-order valence-electron chi connectivity index (χ3n) is 1.33. The van der Waals surface area contributed by atoms with Gasteiger partial charge >= 0.3 is 0 Å². The first-order valence-corrected chi connectivity index (χ1v) is 3.02. The van der Waals surface area contributed by atoms with Gasteiger partial charge in [0.15, 0.2) is 11.5 Å². The molecule has 0 amide bonds. The number of aliphatic hydroxyl groups is 1. The van der Waals surface area contributed by atoms with Gasteiger partial charge in [0.2, 0.25) is 0 Å². The van der Waals surface area contributed by atoms with Crippen LogP contribution in [0, 0.1) is 0 Å². The second-order valence-electron chi connectivity index (χ2n) is 2.12. The van der Waals surface area contributed by atoms with Crippen molar-refractivity contribution in [2.24, 2.45) is 0 Å². The van der Waals surface area contributed by atoms with E-state index in [1.807, 2.05) is 0 Å². The number of hydrogen-bond acceptors (Lipinski definition) is 3. The number of benzene rings is 1. The van der Waals surface area contributed by atoms with E-state index in [2.05, 4.69) is 6.58 Å². The van der Waals surface area contributed by atoms with Crippen LogP contribution in [0.25, 0.3) is 5.76 Å². The van der Waals surface area contributed by atoms with Crippen LogP contribution in [0.3, 0.4) is 0 Å². The summed E-state index contributed by atoms with van der Waals surface area (Å²) < 4.78 is 0. The van der Waals surface area contributed by atoms with Crippen molar-refractivity contribution in [3.05, 3.63) is 30.3 Å². The molecule has 3 heteroatoms. The SMILES string of the molecule is C=C(O)c1cccc(O)c1O. The maximum Gasteiger partial charge on any atom is 0.168 e. The number of para-hydroxylation sites is 1. The molecule has 11 heavy (non-hydrogen) atoms. The molecular weight excluding hydrogens is 144 g/mol. The van der Waals surface area contributed by atoms with Crippen molar-refractivity contribution in [3.8, 4) is 11.5 Å². The van der Waals surface area contributed by atoms with Crippen LogP contribution in [0.2, 0.25) is 0 Å². The Kier molecular flexibility index (Phi) is 1.72. The van der Waals surface area contributed by atoms with Crippen molar-refractivity contribution in [1.82, 2.24) is 0 Å². The zero-order valence-electron chi connectivity index (χ0n) is 5.78. The van der Waals surface area contributed by atoms with Crippen LogP contribution in [0.15, 0.2) is 24.8 Å². The first kappa shape index (κ1) is 7.47. The fourth-order valence-electron chi connectivity index (χ4n) is 0.764. The molecule has 3 nitrogen and oxygen atoms in total. The largest absolute Gasteiger partial charge is 0.508 e. The standard InChI is InChI=1S/C8H8O3/c1-5(9)6-3-2-4-7(10)8(6)11/h2-4,9-11H,1H2. The van der Waals surface area contributed by atoms with Gasteiger partial charge < -0.3 is 15.3 Å². The van der Waals surface area contributed by atoms with E-state index in [0.29, 0.717) is 0 Å². The minimum absolute atomic E-state index is 0.144. The molecule has 0 spiro atoms. The van der Waals surface area contributed by atoms with Crippen LogP contribution in [-0.2, 0) is 0 Å². The van der Waals surface area contributed by atoms with Crippen molar-refractivity contribution in [1.29, 1.82) is 0 Å². The second kappa shape index (κ2) is 2.54. The smallest absolute Gasteiger partial charge is 0.168 e. The lowest BCUT2D eigenvalue weighted by atomic mass is 10.1. The summed E-state index contributed by atoms with van der Waals surface area (Å²) in [6.07, 6.45) is 0. The Morgan fingerprint density at radius 3 is 2.36 bits per heavy atom. The zero-order valence-corrected chi connectivity index (χ0v) is 5.78. The molecular formula is C8H8O3. The summed E-state index contributed by atoms with van der Waals surface area (Å²) in [6, 6.07) is 4.28. The monoisotopic (exact) mass is 152 g/mol. The van der Waals surface area contributed by atoms with Gasteiger partial charge in [0.25, 0.3) is 0 Å². The van der Waals surface area contributed by atoms with Gasteiger partial charge in [-0.3, -0.25) is 0 Å². The highest BCUT2D eigenvalue weighted by Crippen LogP contribution is 2.31. The predicted octanol–water partition coefficient (Wildman–Crippen LogP) is 1.63. The van der Waals surface area contributed by atoms with Crippen LogP contribution in [0.4, 0.5) is 0 Å². The predicted molar refractivity (Wildman–Crippen MR) is 41.4 cm³/mol. The van der Waals surface area contributed by atoms with Crippen LogP contribution in [-0.4, -0.2) is 15.3 Å². The van der Waals surface area contributed by atoms with Crippen LogP contribution in [0.5, 0.6) is 11.5 Å². The molecule has 0 heterocycles. The number of aromatic hydroxyl groups is 2. The number of aliphatic hydroxyl groups excluding tert-OH is 1. The summed E-state index contributed by atoms with van der Waals surface area (Å²) in [4.78, 5) is 0. The Bertz CT molecular complexity index is 291. The van der Waals surface area contributed by atoms with Gasteiger partial charge in [0.05, 0.1) is 5.56 Å². The maximum absolute atomic E-state index is 9.10. The number of phenolic OH excluding ortho intramolecular Hbond substituents is 2. The van der Waals surface area contributed by atoms with Gasteiger partial charge in [-0.2, -0.15) is 0 Å². The highest BCUT2D eigenvalue weighted by Gasteiger charge is 2.06. The van der Waals surface area contributed by atoms with Crippen molar-refractivity contribution < 1.29 is 15.3 Å². The molecule has 1 aromatic rings. The molecule has 0 atom stereocenters. The molecule has 0 unspecified atom stereocenters. The summed E-state index contributed by atoms with van der Waals surface area (Å²) in [5, 5.41) is 26.9. The van der Waals surface area contributed by atoms with Gasteiger partial charge in [-0.15, -0.1) is 0 Å². The van der Waals surface area contributed by atoms with E-state index in [4.69, 9.17) is 15.3 Å². The average Bonchev–Trinajstić information content (AvgIpc) is 1.94. The highest BCUT2D eigenvalue weighted by atomic mass is 16.3. The summed E-state index contributed by atoms with van der Waals surface area (Å²) in [6.45, 7) is 3.21. The Hall–Kier alpha value is -1.64. The maximum atomic E-state index is 9.10. The summed E-state index contributed by atoms with van der Waals surface area (Å²) in [5.41, 5.74) is 0.144. The van der Waals surface area contributed by atoms with Crippen molar-refractivity contribution in [3.63, 3.8) is 0 Å². The third kappa shape index (κ3) is 1.26. The van der Waals surface area contributed by atoms with E-state index in [1.165, 1.54) is 18.2 Å². The highest BCUT2D eigenvalue weighted by molar-refractivity contribution is 5.65. The molecule has 0 fully saturated rings. The van der Waals surface area contributed by atoms with E-state index in [-0.39, 0.29) is 22.8 Å². The number of rotatable bonds is 1. The van der Waals surface area contributed by atoms with E-state index in [1.54, 1.807) is 0 Å². The van der Waals surface area contributed by atoms with Gasteiger partial charge in [-0.25, -0.2) is 0 Å². The molecule has 1 rings (SSSR count). The van der Waals surface area contributed by atoms with Gasteiger partial charge in [-0.1, -0.05) is 12.6 Å². The molecule has 0 saturated heterocycles. The van der Waals surface area contributed by atoms with Crippen LogP contribution in [0.1, 0.15) is 5.56 Å². The lowest BCUT2D eigenvalue weighted by molar-refractivity contribution is 0.398. The van der Waals surface area contributed by atoms with Gasteiger partial charge in [0.1, 0.15) is 5.76 Å². The molecule has 0 saturated carbocycles. The van der Waals surface area contributed by atoms with Crippen LogP contribution >= 0.6 is 0 Å². The van der Waals surface area contributed by atoms with E-state index >= 15 is 0 Å². The fourth-order valence-corrected chi connectivity index (χ4v) is 0.764. The van der Waals surface area contributed by atoms with Gasteiger partial charge in [0, 0.05) is 0 Å². The first-order chi connectivity index (χ1) is 5.13. The molecule has 0 aromatic heterocycles. The minimum atomic E-state index is -0.347. The Morgan fingerprint density at radius 1 is 1.27 bits per heavy atom. The lowest BCUT2D eigenvalue weighted by Gasteiger charge is -2.02. The quantitative estimate of drug-likeness (QED) is 0.423.